The van der Waals surface area contributed by atoms with Crippen LogP contribution in [0.4, 0.5) is 0 Å². The molecule has 0 radical (unpaired) electrons. The smallest absolute Gasteiger partial charge is 0.364 e. The summed E-state index contributed by atoms with van der Waals surface area (Å²) in [7, 11) is 1.21. The van der Waals surface area contributed by atoms with Gasteiger partial charge in [-0.15, -0.1) is 27.8 Å². The molecule has 3 aromatic rings. The standard InChI is InChI=1S/C9H9N3O3S.C5H7NS/c1-15-9(14)7-8(13)12(11-10-7)5-6-3-2-4-16-6;6-4-5-2-1-3-7-5/h2-4,11H,5H2,1H3;1-3H,4,6H2. The number of methoxy groups -OCH3 is 1. The van der Waals surface area contributed by atoms with Gasteiger partial charge in [0.15, 0.2) is 0 Å². The van der Waals surface area contributed by atoms with Crippen LogP contribution >= 0.6 is 22.7 Å². The molecule has 0 saturated heterocycles. The second-order valence-electron chi connectivity index (χ2n) is 4.31. The van der Waals surface area contributed by atoms with Gasteiger partial charge in [-0.2, -0.15) is 0 Å². The monoisotopic (exact) mass is 352 g/mol. The first-order chi connectivity index (χ1) is 11.2. The van der Waals surface area contributed by atoms with E-state index in [1.807, 2.05) is 35.0 Å². The molecule has 0 aliphatic carbocycles. The number of nitrogens with one attached hydrogen (secondary N) is 1. The molecule has 0 bridgehead atoms. The van der Waals surface area contributed by atoms with E-state index < -0.39 is 11.5 Å². The van der Waals surface area contributed by atoms with E-state index in [1.54, 1.807) is 11.3 Å². The molecule has 0 aromatic carbocycles. The van der Waals surface area contributed by atoms with Crippen LogP contribution < -0.4 is 11.3 Å². The SMILES string of the molecule is COC(=O)c1n[nH]n(Cc2cccs2)c1=O.NCc1cccs1. The zero-order valence-corrected chi connectivity index (χ0v) is 14.0. The molecule has 0 unspecified atom stereocenters. The minimum atomic E-state index is -0.730. The van der Waals surface area contributed by atoms with Crippen LogP contribution in [0, 0.1) is 0 Å². The molecule has 9 heteroatoms. The van der Waals surface area contributed by atoms with Crippen molar-refractivity contribution in [3.05, 3.63) is 60.8 Å². The summed E-state index contributed by atoms with van der Waals surface area (Å²) in [4.78, 5) is 25.1. The Morgan fingerprint density at radius 2 is 1.96 bits per heavy atom. The third-order valence-electron chi connectivity index (χ3n) is 2.78. The molecule has 122 valence electrons. The van der Waals surface area contributed by atoms with Gasteiger partial charge >= 0.3 is 11.5 Å². The van der Waals surface area contributed by atoms with Gasteiger partial charge in [-0.05, 0) is 22.9 Å². The summed E-state index contributed by atoms with van der Waals surface area (Å²) in [5, 5.41) is 10.1. The fraction of sp³-hybridized carbons (Fsp3) is 0.214. The average Bonchev–Trinajstić information content (AvgIpc) is 3.31. The summed E-state index contributed by atoms with van der Waals surface area (Å²) >= 11 is 3.22. The summed E-state index contributed by atoms with van der Waals surface area (Å²) in [5.41, 5.74) is 4.61. The van der Waals surface area contributed by atoms with Gasteiger partial charge in [-0.1, -0.05) is 12.1 Å². The van der Waals surface area contributed by atoms with Crippen LogP contribution in [0.15, 0.2) is 39.8 Å². The highest BCUT2D eigenvalue weighted by Crippen LogP contribution is 2.08. The van der Waals surface area contributed by atoms with Crippen LogP contribution in [0.2, 0.25) is 0 Å². The maximum Gasteiger partial charge on any atom is 0.364 e. The van der Waals surface area contributed by atoms with Crippen molar-refractivity contribution >= 4 is 28.6 Å². The Morgan fingerprint density at radius 1 is 1.30 bits per heavy atom. The van der Waals surface area contributed by atoms with Gasteiger partial charge in [0.05, 0.1) is 13.7 Å². The number of aromatic nitrogens is 3. The van der Waals surface area contributed by atoms with Crippen molar-refractivity contribution in [2.75, 3.05) is 7.11 Å². The van der Waals surface area contributed by atoms with Gasteiger partial charge in [0.2, 0.25) is 5.69 Å². The predicted molar refractivity (Wildman–Crippen MR) is 89.8 cm³/mol. The average molecular weight is 352 g/mol. The van der Waals surface area contributed by atoms with Crippen molar-refractivity contribution in [2.45, 2.75) is 13.1 Å². The number of rotatable bonds is 4. The van der Waals surface area contributed by atoms with Gasteiger partial charge in [-0.25, -0.2) is 14.7 Å². The molecule has 0 aliphatic rings. The highest BCUT2D eigenvalue weighted by Gasteiger charge is 2.16. The van der Waals surface area contributed by atoms with Crippen LogP contribution in [0.25, 0.3) is 0 Å². The van der Waals surface area contributed by atoms with E-state index in [0.29, 0.717) is 13.1 Å². The summed E-state index contributed by atoms with van der Waals surface area (Å²) in [6.45, 7) is 1.05. The normalized spacial score (nSPS) is 10.0. The highest BCUT2D eigenvalue weighted by molar-refractivity contribution is 7.10. The quantitative estimate of drug-likeness (QED) is 0.695. The van der Waals surface area contributed by atoms with Gasteiger partial charge < -0.3 is 10.5 Å². The van der Waals surface area contributed by atoms with E-state index in [-0.39, 0.29) is 5.69 Å². The summed E-state index contributed by atoms with van der Waals surface area (Å²) in [6.07, 6.45) is 0. The molecule has 3 heterocycles. The lowest BCUT2D eigenvalue weighted by Crippen LogP contribution is -2.22. The number of aromatic amines is 1. The molecule has 7 nitrogen and oxygen atoms in total. The lowest BCUT2D eigenvalue weighted by atomic mass is 10.4. The van der Waals surface area contributed by atoms with Crippen molar-refractivity contribution in [3.63, 3.8) is 0 Å². The first kappa shape index (κ1) is 17.1. The van der Waals surface area contributed by atoms with E-state index in [0.717, 1.165) is 4.88 Å². The molecule has 0 spiro atoms. The van der Waals surface area contributed by atoms with Crippen LogP contribution in [0.5, 0.6) is 0 Å². The first-order valence-electron chi connectivity index (χ1n) is 6.64. The second-order valence-corrected chi connectivity index (χ2v) is 6.37. The van der Waals surface area contributed by atoms with E-state index >= 15 is 0 Å². The van der Waals surface area contributed by atoms with Crippen LogP contribution in [0.3, 0.4) is 0 Å². The van der Waals surface area contributed by atoms with Crippen molar-refractivity contribution in [1.29, 1.82) is 0 Å². The Kier molecular flexibility index (Phi) is 6.27. The van der Waals surface area contributed by atoms with E-state index in [4.69, 9.17) is 5.73 Å². The molecule has 3 rings (SSSR count). The molecular weight excluding hydrogens is 336 g/mol. The van der Waals surface area contributed by atoms with Crippen LogP contribution in [0.1, 0.15) is 20.2 Å². The lowest BCUT2D eigenvalue weighted by Gasteiger charge is -1.95. The third-order valence-corrected chi connectivity index (χ3v) is 4.54. The number of H-pyrrole nitrogens is 1. The zero-order chi connectivity index (χ0) is 16.7. The topological polar surface area (TPSA) is 103 Å². The molecule has 0 aliphatic heterocycles. The van der Waals surface area contributed by atoms with Gasteiger partial charge in [0, 0.05) is 16.3 Å². The van der Waals surface area contributed by atoms with Crippen molar-refractivity contribution < 1.29 is 9.53 Å². The molecular formula is C14H16N4O3S2. The summed E-state index contributed by atoms with van der Waals surface area (Å²) < 4.78 is 5.70. The van der Waals surface area contributed by atoms with Crippen LogP contribution in [-0.2, 0) is 17.8 Å². The Labute approximate surface area is 140 Å². The number of hydrogen-bond donors (Lipinski definition) is 2. The minimum Gasteiger partial charge on any atom is -0.464 e. The van der Waals surface area contributed by atoms with Crippen molar-refractivity contribution in [2.24, 2.45) is 5.73 Å². The van der Waals surface area contributed by atoms with E-state index in [2.05, 4.69) is 15.0 Å². The number of carbonyl (C=O) groups excluding carboxylic acids is 1. The van der Waals surface area contributed by atoms with Gasteiger partial charge in [0.25, 0.3) is 0 Å². The maximum absolute atomic E-state index is 11.7. The largest absolute Gasteiger partial charge is 0.464 e. The number of nitrogens with two attached hydrogens (primary N) is 1. The molecule has 0 saturated carbocycles. The van der Waals surface area contributed by atoms with Gasteiger partial charge in [0.1, 0.15) is 0 Å². The molecule has 3 N–H and O–H groups in total. The number of hydrogen-bond acceptors (Lipinski definition) is 7. The Balaban J connectivity index is 0.000000229. The highest BCUT2D eigenvalue weighted by atomic mass is 32.1. The predicted octanol–water partition coefficient (Wildman–Crippen LogP) is 1.67. The Bertz CT molecular complexity index is 775. The number of carbonyl (C=O) groups is 1. The van der Waals surface area contributed by atoms with E-state index in [9.17, 15) is 9.59 Å². The fourth-order valence-electron chi connectivity index (χ4n) is 1.66. The summed E-state index contributed by atoms with van der Waals surface area (Å²) in [6, 6.07) is 7.83. The maximum atomic E-state index is 11.7. The zero-order valence-electron chi connectivity index (χ0n) is 12.4. The Hall–Kier alpha value is -2.23. The van der Waals surface area contributed by atoms with Crippen molar-refractivity contribution in [1.82, 2.24) is 15.0 Å². The van der Waals surface area contributed by atoms with Gasteiger partial charge in [-0.3, -0.25) is 4.79 Å². The number of esters is 1. The summed E-state index contributed by atoms with van der Waals surface area (Å²) in [5.74, 6) is -0.730. The number of thiophene rings is 2. The lowest BCUT2D eigenvalue weighted by molar-refractivity contribution is 0.0592. The molecule has 0 fully saturated rings. The molecule has 3 aromatic heterocycles. The molecule has 0 amide bonds. The van der Waals surface area contributed by atoms with Crippen molar-refractivity contribution in [3.8, 4) is 0 Å². The third kappa shape index (κ3) is 4.62. The second kappa shape index (κ2) is 8.42. The molecule has 0 atom stereocenters. The fourth-order valence-corrected chi connectivity index (χ4v) is 2.93. The number of nitrogens with zero attached hydrogens (tertiary/aromatic N) is 2. The van der Waals surface area contributed by atoms with Crippen LogP contribution in [-0.4, -0.2) is 28.1 Å². The minimum absolute atomic E-state index is 0.223. The Morgan fingerprint density at radius 3 is 2.43 bits per heavy atom. The molecule has 23 heavy (non-hydrogen) atoms. The number of ether oxygens (including phenoxy) is 1. The first-order valence-corrected chi connectivity index (χ1v) is 8.40. The van der Waals surface area contributed by atoms with E-state index in [1.165, 1.54) is 28.0 Å².